The minimum absolute atomic E-state index is 0.0468. The van der Waals surface area contributed by atoms with Crippen LogP contribution in [0.15, 0.2) is 47.2 Å². The molecule has 0 radical (unpaired) electrons. The van der Waals surface area contributed by atoms with Crippen molar-refractivity contribution in [3.05, 3.63) is 53.9 Å². The van der Waals surface area contributed by atoms with E-state index in [4.69, 9.17) is 4.52 Å². The van der Waals surface area contributed by atoms with Crippen LogP contribution in [-0.2, 0) is 16.0 Å². The van der Waals surface area contributed by atoms with Crippen molar-refractivity contribution < 1.29 is 14.1 Å². The van der Waals surface area contributed by atoms with Crippen LogP contribution in [0.2, 0.25) is 0 Å². The molecule has 1 aromatic carbocycles. The van der Waals surface area contributed by atoms with Crippen LogP contribution < -0.4 is 5.32 Å². The van der Waals surface area contributed by atoms with Gasteiger partial charge in [-0.3, -0.25) is 9.59 Å². The first-order valence-electron chi connectivity index (χ1n) is 8.26. The molecule has 24 heavy (non-hydrogen) atoms. The molecular formula is C18H21N3O3. The quantitative estimate of drug-likeness (QED) is 0.912. The lowest BCUT2D eigenvalue weighted by Crippen LogP contribution is -2.45. The molecule has 126 valence electrons. The Morgan fingerprint density at radius 2 is 1.88 bits per heavy atom. The van der Waals surface area contributed by atoms with E-state index in [-0.39, 0.29) is 18.2 Å². The molecule has 6 nitrogen and oxygen atoms in total. The minimum atomic E-state index is -0.663. The van der Waals surface area contributed by atoms with Crippen molar-refractivity contribution in [2.45, 2.75) is 31.7 Å². The maximum atomic E-state index is 12.9. The summed E-state index contributed by atoms with van der Waals surface area (Å²) >= 11 is 0. The van der Waals surface area contributed by atoms with Gasteiger partial charge in [-0.25, -0.2) is 0 Å². The lowest BCUT2D eigenvalue weighted by atomic mass is 10.0. The molecule has 0 spiro atoms. The fraction of sp³-hybridized carbons (Fsp3) is 0.389. The summed E-state index contributed by atoms with van der Waals surface area (Å²) in [5.74, 6) is -0.294. The molecule has 2 aromatic rings. The monoisotopic (exact) mass is 327 g/mol. The molecule has 1 saturated heterocycles. The maximum Gasteiger partial charge on any atom is 0.249 e. The van der Waals surface area contributed by atoms with Crippen LogP contribution in [0.1, 0.15) is 36.6 Å². The van der Waals surface area contributed by atoms with Crippen LogP contribution in [0.3, 0.4) is 0 Å². The fourth-order valence-corrected chi connectivity index (χ4v) is 2.94. The number of carbonyl (C=O) groups is 2. The first kappa shape index (κ1) is 16.2. The summed E-state index contributed by atoms with van der Waals surface area (Å²) in [7, 11) is 0. The van der Waals surface area contributed by atoms with Crippen molar-refractivity contribution in [2.75, 3.05) is 13.1 Å². The zero-order chi connectivity index (χ0) is 16.8. The average Bonchev–Trinajstić information content (AvgIpc) is 3.13. The number of rotatable bonds is 5. The van der Waals surface area contributed by atoms with E-state index in [1.54, 1.807) is 6.07 Å². The molecule has 2 amide bonds. The molecule has 1 aliphatic rings. The van der Waals surface area contributed by atoms with Gasteiger partial charge in [0.15, 0.2) is 0 Å². The molecule has 1 atom stereocenters. The van der Waals surface area contributed by atoms with E-state index in [0.717, 1.165) is 37.9 Å². The van der Waals surface area contributed by atoms with E-state index in [1.807, 2.05) is 35.2 Å². The van der Waals surface area contributed by atoms with E-state index in [1.165, 1.54) is 6.26 Å². The van der Waals surface area contributed by atoms with Crippen molar-refractivity contribution in [1.82, 2.24) is 15.4 Å². The molecule has 6 heteroatoms. The number of amides is 2. The number of hydrogen-bond acceptors (Lipinski definition) is 4. The Balaban J connectivity index is 1.74. The fourth-order valence-electron chi connectivity index (χ4n) is 2.94. The molecular weight excluding hydrogens is 306 g/mol. The molecule has 3 rings (SSSR count). The Bertz CT molecular complexity index is 664. The zero-order valence-corrected chi connectivity index (χ0v) is 13.5. The largest absolute Gasteiger partial charge is 0.364 e. The number of hydrogen-bond donors (Lipinski definition) is 1. The molecule has 1 fully saturated rings. The summed E-state index contributed by atoms with van der Waals surface area (Å²) in [6, 6.07) is 10.3. The van der Waals surface area contributed by atoms with Gasteiger partial charge in [0.25, 0.3) is 0 Å². The van der Waals surface area contributed by atoms with Gasteiger partial charge in [-0.15, -0.1) is 0 Å². The van der Waals surface area contributed by atoms with E-state index in [0.29, 0.717) is 5.69 Å². The van der Waals surface area contributed by atoms with E-state index < -0.39 is 6.04 Å². The highest BCUT2D eigenvalue weighted by atomic mass is 16.5. The summed E-state index contributed by atoms with van der Waals surface area (Å²) in [5, 5.41) is 6.60. The zero-order valence-electron chi connectivity index (χ0n) is 13.5. The summed E-state index contributed by atoms with van der Waals surface area (Å²) < 4.78 is 4.74. The lowest BCUT2D eigenvalue weighted by Gasteiger charge is -2.31. The number of carbonyl (C=O) groups excluding carboxylic acids is 2. The predicted molar refractivity (Wildman–Crippen MR) is 88.0 cm³/mol. The molecule has 0 aliphatic carbocycles. The Kier molecular flexibility index (Phi) is 5.25. The second-order valence-corrected chi connectivity index (χ2v) is 5.96. The van der Waals surface area contributed by atoms with Crippen LogP contribution in [0.4, 0.5) is 0 Å². The highest BCUT2D eigenvalue weighted by Gasteiger charge is 2.28. The van der Waals surface area contributed by atoms with Crippen LogP contribution in [-0.4, -0.2) is 35.0 Å². The normalized spacial score (nSPS) is 15.8. The SMILES string of the molecule is O=C(Cc1ccon1)N[C@@H](C(=O)N1CCCCC1)c1ccccc1. The Morgan fingerprint density at radius 1 is 1.12 bits per heavy atom. The van der Waals surface area contributed by atoms with Gasteiger partial charge in [0.05, 0.1) is 12.1 Å². The topological polar surface area (TPSA) is 75.4 Å². The van der Waals surface area contributed by atoms with Crippen LogP contribution in [0, 0.1) is 0 Å². The number of nitrogens with one attached hydrogen (secondary N) is 1. The molecule has 0 unspecified atom stereocenters. The van der Waals surface area contributed by atoms with Gasteiger partial charge >= 0.3 is 0 Å². The molecule has 0 saturated carbocycles. The van der Waals surface area contributed by atoms with Crippen molar-refractivity contribution in [1.29, 1.82) is 0 Å². The Labute approximate surface area is 140 Å². The second-order valence-electron chi connectivity index (χ2n) is 5.96. The number of aromatic nitrogens is 1. The van der Waals surface area contributed by atoms with Gasteiger partial charge in [-0.2, -0.15) is 0 Å². The molecule has 2 heterocycles. The van der Waals surface area contributed by atoms with Crippen LogP contribution in [0.5, 0.6) is 0 Å². The smallest absolute Gasteiger partial charge is 0.249 e. The number of piperidine rings is 1. The van der Waals surface area contributed by atoms with Gasteiger partial charge < -0.3 is 14.7 Å². The molecule has 1 aromatic heterocycles. The van der Waals surface area contributed by atoms with Gasteiger partial charge in [0, 0.05) is 19.2 Å². The molecule has 1 N–H and O–H groups in total. The summed E-state index contributed by atoms with van der Waals surface area (Å²) in [5.41, 5.74) is 1.34. The number of likely N-dealkylation sites (tertiary alicyclic amines) is 1. The number of nitrogens with zero attached hydrogens (tertiary/aromatic N) is 2. The van der Waals surface area contributed by atoms with Crippen LogP contribution in [0.25, 0.3) is 0 Å². The van der Waals surface area contributed by atoms with Crippen molar-refractivity contribution in [3.8, 4) is 0 Å². The predicted octanol–water partition coefficient (Wildman–Crippen LogP) is 2.09. The lowest BCUT2D eigenvalue weighted by molar-refractivity contribution is -0.137. The van der Waals surface area contributed by atoms with Gasteiger partial charge in [-0.1, -0.05) is 35.5 Å². The first-order valence-corrected chi connectivity index (χ1v) is 8.26. The standard InChI is InChI=1S/C18H21N3O3/c22-16(13-15-9-12-24-20-15)19-17(14-7-3-1-4-8-14)18(23)21-10-5-2-6-11-21/h1,3-4,7-9,12,17H,2,5-6,10-11,13H2,(H,19,22)/t17-/m1/s1. The molecule has 1 aliphatic heterocycles. The van der Waals surface area contributed by atoms with Crippen molar-refractivity contribution in [3.63, 3.8) is 0 Å². The van der Waals surface area contributed by atoms with Gasteiger partial charge in [-0.05, 0) is 24.8 Å². The Hall–Kier alpha value is -2.63. The highest BCUT2D eigenvalue weighted by Crippen LogP contribution is 2.19. The number of benzene rings is 1. The maximum absolute atomic E-state index is 12.9. The average molecular weight is 327 g/mol. The van der Waals surface area contributed by atoms with Crippen LogP contribution >= 0.6 is 0 Å². The summed E-state index contributed by atoms with van der Waals surface area (Å²) in [6.07, 6.45) is 4.70. The summed E-state index contributed by atoms with van der Waals surface area (Å²) in [4.78, 5) is 27.1. The second kappa shape index (κ2) is 7.77. The van der Waals surface area contributed by atoms with Gasteiger partial charge in [0.2, 0.25) is 11.8 Å². The third-order valence-corrected chi connectivity index (χ3v) is 4.19. The van der Waals surface area contributed by atoms with Crippen molar-refractivity contribution in [2.24, 2.45) is 0 Å². The van der Waals surface area contributed by atoms with E-state index in [2.05, 4.69) is 10.5 Å². The minimum Gasteiger partial charge on any atom is -0.364 e. The molecule has 0 bridgehead atoms. The Morgan fingerprint density at radius 3 is 2.54 bits per heavy atom. The van der Waals surface area contributed by atoms with E-state index >= 15 is 0 Å². The van der Waals surface area contributed by atoms with E-state index in [9.17, 15) is 9.59 Å². The third-order valence-electron chi connectivity index (χ3n) is 4.19. The third kappa shape index (κ3) is 4.01. The van der Waals surface area contributed by atoms with Crippen molar-refractivity contribution >= 4 is 11.8 Å². The first-order chi connectivity index (χ1) is 11.7. The van der Waals surface area contributed by atoms with Gasteiger partial charge in [0.1, 0.15) is 12.3 Å². The summed E-state index contributed by atoms with van der Waals surface area (Å²) in [6.45, 7) is 1.50. The highest BCUT2D eigenvalue weighted by molar-refractivity contribution is 5.89.